The van der Waals surface area contributed by atoms with Crippen LogP contribution in [0.15, 0.2) is 16.8 Å². The molecular formula is C7H9N3O. The van der Waals surface area contributed by atoms with Crippen LogP contribution in [0.1, 0.15) is 6.92 Å². The lowest BCUT2D eigenvalue weighted by molar-refractivity contribution is -0.123. The van der Waals surface area contributed by atoms with Gasteiger partial charge in [0.2, 0.25) is 5.91 Å². The Morgan fingerprint density at radius 3 is 3.18 bits per heavy atom. The highest BCUT2D eigenvalue weighted by Crippen LogP contribution is 2.22. The first kappa shape index (κ1) is 6.39. The van der Waals surface area contributed by atoms with Crippen molar-refractivity contribution in [1.82, 2.24) is 10.6 Å². The van der Waals surface area contributed by atoms with Crippen LogP contribution in [0.3, 0.4) is 0 Å². The molecule has 2 aliphatic rings. The van der Waals surface area contributed by atoms with Crippen molar-refractivity contribution >= 4 is 12.2 Å². The number of nitrogens with one attached hydrogen (secondary N) is 2. The maximum atomic E-state index is 11.2. The average molecular weight is 151 g/mol. The zero-order chi connectivity index (χ0) is 7.84. The number of rotatable bonds is 0. The van der Waals surface area contributed by atoms with Crippen molar-refractivity contribution in [1.29, 1.82) is 0 Å². The maximum absolute atomic E-state index is 11.2. The smallest absolute Gasteiger partial charge is 0.236 e. The second kappa shape index (κ2) is 2.08. The molecular weight excluding hydrogens is 142 g/mol. The van der Waals surface area contributed by atoms with Gasteiger partial charge in [0.05, 0.1) is 6.34 Å². The van der Waals surface area contributed by atoms with E-state index in [1.807, 2.05) is 13.1 Å². The number of amides is 1. The molecule has 4 heteroatoms. The highest BCUT2D eigenvalue weighted by Gasteiger charge is 2.34. The molecule has 0 radical (unpaired) electrons. The highest BCUT2D eigenvalue weighted by molar-refractivity contribution is 5.93. The van der Waals surface area contributed by atoms with Gasteiger partial charge in [0, 0.05) is 0 Å². The van der Waals surface area contributed by atoms with E-state index in [1.54, 1.807) is 0 Å². The van der Waals surface area contributed by atoms with Crippen molar-refractivity contribution in [2.24, 2.45) is 10.9 Å². The molecule has 0 aromatic rings. The van der Waals surface area contributed by atoms with Gasteiger partial charge in [-0.15, -0.1) is 0 Å². The summed E-state index contributed by atoms with van der Waals surface area (Å²) in [5.74, 6) is -0.0660. The molecule has 2 rings (SSSR count). The third-order valence-corrected chi connectivity index (χ3v) is 2.01. The van der Waals surface area contributed by atoms with Crippen LogP contribution in [0.4, 0.5) is 0 Å². The van der Waals surface area contributed by atoms with Gasteiger partial charge < -0.3 is 10.6 Å². The molecule has 11 heavy (non-hydrogen) atoms. The molecule has 0 saturated heterocycles. The first-order chi connectivity index (χ1) is 5.29. The Morgan fingerprint density at radius 1 is 1.64 bits per heavy atom. The number of nitrogens with zero attached hydrogens (tertiary/aromatic N) is 1. The van der Waals surface area contributed by atoms with Gasteiger partial charge in [-0.05, 0) is 18.7 Å². The molecule has 4 nitrogen and oxygen atoms in total. The van der Waals surface area contributed by atoms with Crippen LogP contribution in [-0.4, -0.2) is 18.4 Å². The monoisotopic (exact) mass is 151 g/mol. The quantitative estimate of drug-likeness (QED) is 0.494. The van der Waals surface area contributed by atoms with Crippen molar-refractivity contribution in [2.75, 3.05) is 0 Å². The van der Waals surface area contributed by atoms with E-state index >= 15 is 0 Å². The number of carbonyl (C=O) groups is 1. The van der Waals surface area contributed by atoms with Crippen LogP contribution in [0.2, 0.25) is 0 Å². The van der Waals surface area contributed by atoms with Crippen LogP contribution in [0.25, 0.3) is 0 Å². The number of fused-ring (bicyclic) bond motifs is 1. The normalized spacial score (nSPS) is 33.9. The largest absolute Gasteiger partial charge is 0.369 e. The first-order valence-electron chi connectivity index (χ1n) is 3.54. The van der Waals surface area contributed by atoms with Crippen molar-refractivity contribution in [3.8, 4) is 0 Å². The Morgan fingerprint density at radius 2 is 2.45 bits per heavy atom. The summed E-state index contributed by atoms with van der Waals surface area (Å²) in [7, 11) is 0. The van der Waals surface area contributed by atoms with Gasteiger partial charge >= 0.3 is 0 Å². The third-order valence-electron chi connectivity index (χ3n) is 2.01. The van der Waals surface area contributed by atoms with E-state index in [1.165, 1.54) is 6.34 Å². The summed E-state index contributed by atoms with van der Waals surface area (Å²) >= 11 is 0. The van der Waals surface area contributed by atoms with Gasteiger partial charge in [0.25, 0.3) is 0 Å². The molecule has 0 aliphatic carbocycles. The van der Waals surface area contributed by atoms with E-state index in [9.17, 15) is 4.79 Å². The molecule has 0 spiro atoms. The van der Waals surface area contributed by atoms with E-state index in [-0.39, 0.29) is 18.0 Å². The Labute approximate surface area is 64.4 Å². The standard InChI is InChI=1S/C7H9N3O/c1-4-2-8-6-5(4)7(11)10-3-9-6/h2-3,5-6,8H,1H3,(H,9,10,11)/t5-,6-/m0/s1. The fourth-order valence-corrected chi connectivity index (χ4v) is 1.40. The second-order valence-electron chi connectivity index (χ2n) is 2.76. The van der Waals surface area contributed by atoms with Crippen LogP contribution in [0, 0.1) is 5.92 Å². The molecule has 0 unspecified atom stereocenters. The zero-order valence-electron chi connectivity index (χ0n) is 6.16. The number of aliphatic imine (C=N–C) groups is 1. The van der Waals surface area contributed by atoms with Gasteiger partial charge in [0.1, 0.15) is 12.1 Å². The van der Waals surface area contributed by atoms with Crippen LogP contribution in [-0.2, 0) is 4.79 Å². The van der Waals surface area contributed by atoms with Crippen LogP contribution in [0.5, 0.6) is 0 Å². The molecule has 2 N–H and O–H groups in total. The summed E-state index contributed by atoms with van der Waals surface area (Å²) in [5, 5.41) is 5.59. The minimum absolute atomic E-state index is 0.0313. The predicted molar refractivity (Wildman–Crippen MR) is 40.8 cm³/mol. The third kappa shape index (κ3) is 0.824. The maximum Gasteiger partial charge on any atom is 0.236 e. The summed E-state index contributed by atoms with van der Waals surface area (Å²) in [6.45, 7) is 1.93. The minimum Gasteiger partial charge on any atom is -0.369 e. The van der Waals surface area contributed by atoms with Crippen LogP contribution < -0.4 is 10.6 Å². The van der Waals surface area contributed by atoms with E-state index < -0.39 is 0 Å². The molecule has 0 aromatic carbocycles. The molecule has 2 aliphatic heterocycles. The molecule has 0 bridgehead atoms. The van der Waals surface area contributed by atoms with Gasteiger partial charge in [-0.3, -0.25) is 4.79 Å². The summed E-state index contributed by atoms with van der Waals surface area (Å²) in [5.41, 5.74) is 1.05. The Kier molecular flexibility index (Phi) is 1.21. The molecule has 58 valence electrons. The van der Waals surface area contributed by atoms with Crippen molar-refractivity contribution in [2.45, 2.75) is 13.1 Å². The molecule has 2 heterocycles. The van der Waals surface area contributed by atoms with E-state index in [0.29, 0.717) is 0 Å². The van der Waals surface area contributed by atoms with Crippen LogP contribution >= 0.6 is 0 Å². The summed E-state index contributed by atoms with van der Waals surface area (Å²) in [6.07, 6.45) is 3.23. The Hall–Kier alpha value is -1.32. The average Bonchev–Trinajstić information content (AvgIpc) is 2.34. The summed E-state index contributed by atoms with van der Waals surface area (Å²) in [6, 6.07) is 0. The summed E-state index contributed by atoms with van der Waals surface area (Å²) in [4.78, 5) is 15.3. The highest BCUT2D eigenvalue weighted by atomic mass is 16.2. The zero-order valence-corrected chi connectivity index (χ0v) is 6.16. The minimum atomic E-state index is -0.0972. The number of carbonyl (C=O) groups excluding carboxylic acids is 1. The van der Waals surface area contributed by atoms with Crippen molar-refractivity contribution < 1.29 is 4.79 Å². The van der Waals surface area contributed by atoms with Gasteiger partial charge in [-0.2, -0.15) is 0 Å². The first-order valence-corrected chi connectivity index (χ1v) is 3.54. The van der Waals surface area contributed by atoms with E-state index in [2.05, 4.69) is 15.6 Å². The lowest BCUT2D eigenvalue weighted by Crippen LogP contribution is -2.42. The predicted octanol–water partition coefficient (Wildman–Crippen LogP) is -0.406. The molecule has 0 aromatic heterocycles. The van der Waals surface area contributed by atoms with Gasteiger partial charge in [0.15, 0.2) is 0 Å². The molecule has 0 fully saturated rings. The lowest BCUT2D eigenvalue weighted by Gasteiger charge is -2.20. The lowest BCUT2D eigenvalue weighted by atomic mass is 10.00. The topological polar surface area (TPSA) is 53.5 Å². The SMILES string of the molecule is CC1=CN[C@H]2N=CNC(=O)[C@@H]12. The Bertz CT molecular complexity index is 256. The molecule has 2 atom stereocenters. The molecule has 1 amide bonds. The second-order valence-corrected chi connectivity index (χ2v) is 2.76. The van der Waals surface area contributed by atoms with Gasteiger partial charge in [-0.25, -0.2) is 4.99 Å². The number of hydrogen-bond acceptors (Lipinski definition) is 3. The fraction of sp³-hybridized carbons (Fsp3) is 0.429. The van der Waals surface area contributed by atoms with Crippen molar-refractivity contribution in [3.05, 3.63) is 11.8 Å². The summed E-state index contributed by atoms with van der Waals surface area (Å²) < 4.78 is 0. The van der Waals surface area contributed by atoms with Crippen molar-refractivity contribution in [3.63, 3.8) is 0 Å². The fourth-order valence-electron chi connectivity index (χ4n) is 1.40. The Balaban J connectivity index is 2.31. The molecule has 0 saturated carbocycles. The van der Waals surface area contributed by atoms with E-state index in [0.717, 1.165) is 5.57 Å². The van der Waals surface area contributed by atoms with E-state index in [4.69, 9.17) is 0 Å². The number of hydrogen-bond donors (Lipinski definition) is 2. The van der Waals surface area contributed by atoms with Gasteiger partial charge in [-0.1, -0.05) is 0 Å².